The number of nitrogens with zero attached hydrogens (tertiary/aromatic N) is 3. The zero-order chi connectivity index (χ0) is 22.3. The standard InChI is InChI=1S/C22H22ClF3N4O/c1-13(16-6-5-7-17(12-16)29-10-3-4-11-29)27-21(31)14(2)30-19(15-8-9-15)18(23)20(28-30)22(24,25)26/h3-7,10-15H,8-9H2,1-2H3,(H,27,31). The van der Waals surface area contributed by atoms with Crippen molar-refractivity contribution in [1.82, 2.24) is 19.7 Å². The van der Waals surface area contributed by atoms with E-state index < -0.39 is 28.8 Å². The van der Waals surface area contributed by atoms with Crippen molar-refractivity contribution in [1.29, 1.82) is 0 Å². The molecule has 1 saturated carbocycles. The fourth-order valence-corrected chi connectivity index (χ4v) is 4.00. The smallest absolute Gasteiger partial charge is 0.348 e. The number of nitrogens with one attached hydrogen (secondary N) is 1. The first kappa shape index (κ1) is 21.5. The molecule has 1 amide bonds. The molecule has 164 valence electrons. The SMILES string of the molecule is CC(NC(=O)C(C)n1nc(C(F)(F)F)c(Cl)c1C1CC1)c1cccc(-n2cccc2)c1. The minimum Gasteiger partial charge on any atom is -0.348 e. The predicted molar refractivity (Wildman–Crippen MR) is 111 cm³/mol. The summed E-state index contributed by atoms with van der Waals surface area (Å²) in [4.78, 5) is 12.9. The number of alkyl halides is 3. The van der Waals surface area contributed by atoms with Crippen molar-refractivity contribution in [2.24, 2.45) is 0 Å². The third-order valence-corrected chi connectivity index (χ3v) is 5.87. The molecule has 1 N–H and O–H groups in total. The number of aromatic nitrogens is 3. The summed E-state index contributed by atoms with van der Waals surface area (Å²) in [6.07, 6.45) is 0.640. The van der Waals surface area contributed by atoms with Gasteiger partial charge in [-0.3, -0.25) is 9.48 Å². The third-order valence-electron chi connectivity index (χ3n) is 5.50. The Morgan fingerprint density at radius 2 is 1.87 bits per heavy atom. The van der Waals surface area contributed by atoms with Crippen LogP contribution in [0.3, 0.4) is 0 Å². The summed E-state index contributed by atoms with van der Waals surface area (Å²) >= 11 is 6.03. The van der Waals surface area contributed by atoms with Gasteiger partial charge in [-0.25, -0.2) is 0 Å². The van der Waals surface area contributed by atoms with Crippen LogP contribution in [0.5, 0.6) is 0 Å². The van der Waals surface area contributed by atoms with Gasteiger partial charge in [0.25, 0.3) is 0 Å². The Bertz CT molecular complexity index is 1090. The summed E-state index contributed by atoms with van der Waals surface area (Å²) in [5.41, 5.74) is 0.979. The van der Waals surface area contributed by atoms with E-state index in [1.165, 1.54) is 6.92 Å². The predicted octanol–water partition coefficient (Wildman–Crippen LogP) is 5.66. The van der Waals surface area contributed by atoms with Crippen LogP contribution >= 0.6 is 11.6 Å². The molecule has 2 unspecified atom stereocenters. The van der Waals surface area contributed by atoms with Gasteiger partial charge in [-0.15, -0.1) is 0 Å². The molecule has 4 rings (SSSR count). The van der Waals surface area contributed by atoms with Crippen molar-refractivity contribution in [3.63, 3.8) is 0 Å². The highest BCUT2D eigenvalue weighted by molar-refractivity contribution is 6.32. The molecule has 1 fully saturated rings. The molecule has 31 heavy (non-hydrogen) atoms. The molecule has 5 nitrogen and oxygen atoms in total. The molecule has 1 aromatic carbocycles. The van der Waals surface area contributed by atoms with Crippen LogP contribution in [0, 0.1) is 0 Å². The summed E-state index contributed by atoms with van der Waals surface area (Å²) in [7, 11) is 0. The van der Waals surface area contributed by atoms with Crippen molar-refractivity contribution in [2.75, 3.05) is 0 Å². The van der Waals surface area contributed by atoms with Gasteiger partial charge in [0.2, 0.25) is 5.91 Å². The van der Waals surface area contributed by atoms with Crippen molar-refractivity contribution < 1.29 is 18.0 Å². The average Bonchev–Trinajstić information content (AvgIpc) is 3.27. The second kappa shape index (κ2) is 8.07. The lowest BCUT2D eigenvalue weighted by Gasteiger charge is -2.20. The number of amides is 1. The molecule has 3 aromatic rings. The highest BCUT2D eigenvalue weighted by Gasteiger charge is 2.43. The topological polar surface area (TPSA) is 51.9 Å². The molecule has 0 radical (unpaired) electrons. The monoisotopic (exact) mass is 450 g/mol. The highest BCUT2D eigenvalue weighted by atomic mass is 35.5. The molecule has 9 heteroatoms. The highest BCUT2D eigenvalue weighted by Crippen LogP contribution is 2.47. The molecule has 1 aliphatic rings. The minimum absolute atomic E-state index is 0.0953. The van der Waals surface area contributed by atoms with Gasteiger partial charge in [0, 0.05) is 24.0 Å². The van der Waals surface area contributed by atoms with E-state index in [1.807, 2.05) is 60.3 Å². The minimum atomic E-state index is -4.67. The van der Waals surface area contributed by atoms with Crippen LogP contribution in [0.25, 0.3) is 5.69 Å². The number of carbonyl (C=O) groups is 1. The second-order valence-corrected chi connectivity index (χ2v) is 8.23. The fourth-order valence-electron chi connectivity index (χ4n) is 3.62. The Morgan fingerprint density at radius 1 is 1.19 bits per heavy atom. The summed E-state index contributed by atoms with van der Waals surface area (Å²) in [5.74, 6) is -0.518. The normalized spacial score (nSPS) is 16.2. The lowest BCUT2D eigenvalue weighted by atomic mass is 10.1. The molecule has 1 aliphatic carbocycles. The molecule has 0 saturated heterocycles. The lowest BCUT2D eigenvalue weighted by molar-refractivity contribution is -0.141. The van der Waals surface area contributed by atoms with Crippen LogP contribution in [0.2, 0.25) is 5.02 Å². The first-order chi connectivity index (χ1) is 14.7. The Morgan fingerprint density at radius 3 is 2.48 bits per heavy atom. The molecule has 0 spiro atoms. The van der Waals surface area contributed by atoms with Crippen LogP contribution in [0.4, 0.5) is 13.2 Å². The van der Waals surface area contributed by atoms with E-state index in [4.69, 9.17) is 11.6 Å². The average molecular weight is 451 g/mol. The first-order valence-electron chi connectivity index (χ1n) is 10.1. The van der Waals surface area contributed by atoms with Crippen molar-refractivity contribution in [2.45, 2.75) is 50.9 Å². The maximum absolute atomic E-state index is 13.3. The maximum Gasteiger partial charge on any atom is 0.436 e. The molecule has 0 aliphatic heterocycles. The van der Waals surface area contributed by atoms with Gasteiger partial charge in [-0.05, 0) is 56.5 Å². The van der Waals surface area contributed by atoms with E-state index in [-0.39, 0.29) is 12.0 Å². The second-order valence-electron chi connectivity index (χ2n) is 7.86. The Balaban J connectivity index is 1.55. The van der Waals surface area contributed by atoms with Gasteiger partial charge >= 0.3 is 6.18 Å². The zero-order valence-electron chi connectivity index (χ0n) is 17.0. The van der Waals surface area contributed by atoms with E-state index >= 15 is 0 Å². The fraction of sp³-hybridized carbons (Fsp3) is 0.364. The van der Waals surface area contributed by atoms with Crippen LogP contribution in [-0.4, -0.2) is 20.3 Å². The van der Waals surface area contributed by atoms with E-state index in [1.54, 1.807) is 0 Å². The number of hydrogen-bond donors (Lipinski definition) is 1. The molecular formula is C22H22ClF3N4O. The number of hydrogen-bond acceptors (Lipinski definition) is 2. The van der Waals surface area contributed by atoms with E-state index in [9.17, 15) is 18.0 Å². The van der Waals surface area contributed by atoms with Crippen molar-refractivity contribution in [3.8, 4) is 5.69 Å². The van der Waals surface area contributed by atoms with Gasteiger partial charge in [-0.2, -0.15) is 18.3 Å². The van der Waals surface area contributed by atoms with E-state index in [0.717, 1.165) is 28.8 Å². The molecule has 2 atom stereocenters. The zero-order valence-corrected chi connectivity index (χ0v) is 17.8. The molecular weight excluding hydrogens is 429 g/mol. The Hall–Kier alpha value is -2.74. The van der Waals surface area contributed by atoms with Gasteiger partial charge in [0.05, 0.1) is 16.8 Å². The summed E-state index contributed by atoms with van der Waals surface area (Å²) in [6.45, 7) is 3.37. The third kappa shape index (κ3) is 4.35. The Labute approximate surface area is 182 Å². The van der Waals surface area contributed by atoms with Crippen LogP contribution in [-0.2, 0) is 11.0 Å². The maximum atomic E-state index is 13.3. The molecule has 0 bridgehead atoms. The van der Waals surface area contributed by atoms with E-state index in [2.05, 4.69) is 10.4 Å². The van der Waals surface area contributed by atoms with Crippen molar-refractivity contribution >= 4 is 17.5 Å². The van der Waals surface area contributed by atoms with Gasteiger partial charge in [0.15, 0.2) is 5.69 Å². The summed E-state index contributed by atoms with van der Waals surface area (Å²) in [5, 5.41) is 6.17. The van der Waals surface area contributed by atoms with Gasteiger partial charge in [0.1, 0.15) is 6.04 Å². The van der Waals surface area contributed by atoms with E-state index in [0.29, 0.717) is 5.69 Å². The summed E-state index contributed by atoms with van der Waals surface area (Å²) in [6, 6.07) is 10.3. The number of benzene rings is 1. The lowest BCUT2D eigenvalue weighted by Crippen LogP contribution is -2.34. The summed E-state index contributed by atoms with van der Waals surface area (Å²) < 4.78 is 43.0. The van der Waals surface area contributed by atoms with Crippen molar-refractivity contribution in [3.05, 3.63) is 70.8 Å². The Kier molecular flexibility index (Phi) is 5.60. The van der Waals surface area contributed by atoms with Crippen LogP contribution in [0.1, 0.15) is 61.6 Å². The largest absolute Gasteiger partial charge is 0.436 e. The quantitative estimate of drug-likeness (QED) is 0.526. The molecule has 2 heterocycles. The molecule has 2 aromatic heterocycles. The number of rotatable bonds is 6. The number of carbonyl (C=O) groups excluding carboxylic acids is 1. The van der Waals surface area contributed by atoms with Crippen LogP contribution < -0.4 is 5.32 Å². The van der Waals surface area contributed by atoms with Gasteiger partial charge in [-0.1, -0.05) is 23.7 Å². The number of halogens is 4. The van der Waals surface area contributed by atoms with Crippen LogP contribution in [0.15, 0.2) is 48.8 Å². The first-order valence-corrected chi connectivity index (χ1v) is 10.4. The van der Waals surface area contributed by atoms with Gasteiger partial charge < -0.3 is 9.88 Å².